The third kappa shape index (κ3) is 3.04. The highest BCUT2D eigenvalue weighted by Gasteiger charge is 2.28. The molecule has 2 unspecified atom stereocenters. The summed E-state index contributed by atoms with van der Waals surface area (Å²) in [6.07, 6.45) is 0.242. The zero-order valence-electron chi connectivity index (χ0n) is 11.2. The van der Waals surface area contributed by atoms with Crippen LogP contribution in [0.5, 0.6) is 5.75 Å². The molecule has 1 aliphatic rings. The van der Waals surface area contributed by atoms with Gasteiger partial charge >= 0.3 is 0 Å². The van der Waals surface area contributed by atoms with Crippen molar-refractivity contribution in [1.82, 2.24) is 0 Å². The van der Waals surface area contributed by atoms with E-state index in [1.165, 1.54) is 12.1 Å². The van der Waals surface area contributed by atoms with Gasteiger partial charge in [0.15, 0.2) is 0 Å². The molecule has 5 heteroatoms. The highest BCUT2D eigenvalue weighted by molar-refractivity contribution is 5.95. The van der Waals surface area contributed by atoms with Gasteiger partial charge in [-0.25, -0.2) is 4.39 Å². The molecule has 1 aromatic rings. The lowest BCUT2D eigenvalue weighted by molar-refractivity contribution is -0.119. The smallest absolute Gasteiger partial charge is 0.227 e. The number of rotatable bonds is 3. The number of hydrogen-bond acceptors (Lipinski definition) is 3. The second-order valence-corrected chi connectivity index (χ2v) is 5.09. The number of hydrogen-bond donors (Lipinski definition) is 1. The molecule has 2 atom stereocenters. The summed E-state index contributed by atoms with van der Waals surface area (Å²) in [4.78, 5) is 13.9. The van der Waals surface area contributed by atoms with E-state index in [-0.39, 0.29) is 23.7 Å². The molecular weight excluding hydrogens is 247 g/mol. The lowest BCUT2D eigenvalue weighted by Crippen LogP contribution is -2.43. The second kappa shape index (κ2) is 5.57. The lowest BCUT2D eigenvalue weighted by Gasteiger charge is -2.34. The first-order valence-electron chi connectivity index (χ1n) is 6.48. The van der Waals surface area contributed by atoms with E-state index in [1.54, 1.807) is 11.0 Å². The Morgan fingerprint density at radius 1 is 1.63 bits per heavy atom. The predicted octanol–water partition coefficient (Wildman–Crippen LogP) is 1.92. The van der Waals surface area contributed by atoms with E-state index in [9.17, 15) is 9.18 Å². The zero-order chi connectivity index (χ0) is 14.0. The Morgan fingerprint density at radius 3 is 3.05 bits per heavy atom. The average Bonchev–Trinajstić information content (AvgIpc) is 2.36. The number of carbonyl (C=O) groups excluding carboxylic acids is 1. The summed E-state index contributed by atoms with van der Waals surface area (Å²) in [5.41, 5.74) is 6.18. The molecular formula is C14H19FN2O2. The summed E-state index contributed by atoms with van der Waals surface area (Å²) in [6, 6.07) is 4.24. The first-order chi connectivity index (χ1) is 9.01. The molecule has 1 amide bonds. The van der Waals surface area contributed by atoms with Crippen molar-refractivity contribution in [3.63, 3.8) is 0 Å². The standard InChI is InChI=1S/C14H19FN2O2/c1-9(7-16)5-14(18)17-8-10(2)19-13-6-11(15)3-4-12(13)17/h3-4,6,9-10H,5,7-8,16H2,1-2H3. The molecule has 4 nitrogen and oxygen atoms in total. The first-order valence-corrected chi connectivity index (χ1v) is 6.48. The average molecular weight is 266 g/mol. The molecule has 0 bridgehead atoms. The number of nitrogens with two attached hydrogens (primary N) is 1. The van der Waals surface area contributed by atoms with Gasteiger partial charge in [-0.05, 0) is 31.5 Å². The van der Waals surface area contributed by atoms with E-state index in [4.69, 9.17) is 10.5 Å². The van der Waals surface area contributed by atoms with Crippen LogP contribution in [0.1, 0.15) is 20.3 Å². The molecule has 19 heavy (non-hydrogen) atoms. The quantitative estimate of drug-likeness (QED) is 0.909. The summed E-state index contributed by atoms with van der Waals surface area (Å²) < 4.78 is 18.8. The van der Waals surface area contributed by atoms with Crippen LogP contribution in [0.15, 0.2) is 18.2 Å². The molecule has 1 heterocycles. The highest BCUT2D eigenvalue weighted by Crippen LogP contribution is 2.34. The van der Waals surface area contributed by atoms with Crippen LogP contribution in [0.3, 0.4) is 0 Å². The molecule has 0 saturated heterocycles. The van der Waals surface area contributed by atoms with Gasteiger partial charge in [-0.3, -0.25) is 4.79 Å². The van der Waals surface area contributed by atoms with Crippen LogP contribution in [-0.2, 0) is 4.79 Å². The van der Waals surface area contributed by atoms with Crippen molar-refractivity contribution in [3.05, 3.63) is 24.0 Å². The molecule has 1 aliphatic heterocycles. The van der Waals surface area contributed by atoms with Gasteiger partial charge in [0.05, 0.1) is 12.2 Å². The van der Waals surface area contributed by atoms with Gasteiger partial charge < -0.3 is 15.4 Å². The van der Waals surface area contributed by atoms with E-state index in [2.05, 4.69) is 0 Å². The third-order valence-corrected chi connectivity index (χ3v) is 3.21. The summed E-state index contributed by atoms with van der Waals surface area (Å²) in [5.74, 6) is 0.193. The van der Waals surface area contributed by atoms with E-state index < -0.39 is 0 Å². The largest absolute Gasteiger partial charge is 0.487 e. The Kier molecular flexibility index (Phi) is 4.04. The predicted molar refractivity (Wildman–Crippen MR) is 71.7 cm³/mol. The number of benzene rings is 1. The van der Waals surface area contributed by atoms with Crippen LogP contribution in [0, 0.1) is 11.7 Å². The first kappa shape index (κ1) is 13.8. The van der Waals surface area contributed by atoms with Crippen LogP contribution >= 0.6 is 0 Å². The topological polar surface area (TPSA) is 55.6 Å². The van der Waals surface area contributed by atoms with Crippen LogP contribution < -0.4 is 15.4 Å². The van der Waals surface area contributed by atoms with Crippen molar-refractivity contribution < 1.29 is 13.9 Å². The maximum atomic E-state index is 13.2. The van der Waals surface area contributed by atoms with Crippen molar-refractivity contribution in [2.75, 3.05) is 18.0 Å². The van der Waals surface area contributed by atoms with Crippen LogP contribution in [0.2, 0.25) is 0 Å². The Balaban J connectivity index is 2.25. The van der Waals surface area contributed by atoms with Gasteiger partial charge in [-0.1, -0.05) is 6.92 Å². The van der Waals surface area contributed by atoms with Gasteiger partial charge in [0, 0.05) is 12.5 Å². The molecule has 0 aromatic heterocycles. The fourth-order valence-corrected chi connectivity index (χ4v) is 2.14. The Labute approximate surface area is 112 Å². The minimum absolute atomic E-state index is 0.000887. The molecule has 1 aromatic carbocycles. The van der Waals surface area contributed by atoms with E-state index in [0.717, 1.165) is 0 Å². The SMILES string of the molecule is CC(CN)CC(=O)N1CC(C)Oc2cc(F)ccc21. The third-order valence-electron chi connectivity index (χ3n) is 3.21. The Hall–Kier alpha value is -1.62. The van der Waals surface area contributed by atoms with E-state index in [1.807, 2.05) is 13.8 Å². The molecule has 0 radical (unpaired) electrons. The van der Waals surface area contributed by atoms with Crippen molar-refractivity contribution in [1.29, 1.82) is 0 Å². The van der Waals surface area contributed by atoms with E-state index >= 15 is 0 Å². The van der Waals surface area contributed by atoms with Gasteiger partial charge in [-0.15, -0.1) is 0 Å². The minimum atomic E-state index is -0.365. The lowest BCUT2D eigenvalue weighted by atomic mass is 10.1. The maximum absolute atomic E-state index is 13.2. The van der Waals surface area contributed by atoms with Crippen LogP contribution in [-0.4, -0.2) is 25.1 Å². The van der Waals surface area contributed by atoms with Gasteiger partial charge in [0.2, 0.25) is 5.91 Å². The molecule has 104 valence electrons. The van der Waals surface area contributed by atoms with Crippen molar-refractivity contribution in [3.8, 4) is 5.75 Å². The maximum Gasteiger partial charge on any atom is 0.227 e. The second-order valence-electron chi connectivity index (χ2n) is 5.09. The number of halogens is 1. The normalized spacial score (nSPS) is 19.6. The number of amides is 1. The van der Waals surface area contributed by atoms with Gasteiger partial charge in [0.1, 0.15) is 17.7 Å². The zero-order valence-corrected chi connectivity index (χ0v) is 11.2. The Morgan fingerprint density at radius 2 is 2.37 bits per heavy atom. The fourth-order valence-electron chi connectivity index (χ4n) is 2.14. The van der Waals surface area contributed by atoms with Crippen molar-refractivity contribution >= 4 is 11.6 Å². The summed E-state index contributed by atoms with van der Waals surface area (Å²) in [7, 11) is 0. The molecule has 0 spiro atoms. The fraction of sp³-hybridized carbons (Fsp3) is 0.500. The monoisotopic (exact) mass is 266 g/mol. The van der Waals surface area contributed by atoms with Crippen molar-refractivity contribution in [2.24, 2.45) is 11.7 Å². The van der Waals surface area contributed by atoms with Crippen molar-refractivity contribution in [2.45, 2.75) is 26.4 Å². The molecule has 0 aliphatic carbocycles. The molecule has 2 N–H and O–H groups in total. The Bertz CT molecular complexity index is 479. The molecule has 0 saturated carbocycles. The highest BCUT2D eigenvalue weighted by atomic mass is 19.1. The molecule has 0 fully saturated rings. The number of ether oxygens (including phenoxy) is 1. The number of anilines is 1. The van der Waals surface area contributed by atoms with Crippen LogP contribution in [0.25, 0.3) is 0 Å². The van der Waals surface area contributed by atoms with Gasteiger partial charge in [-0.2, -0.15) is 0 Å². The molecule has 2 rings (SSSR count). The summed E-state index contributed by atoms with van der Waals surface area (Å²) in [5, 5.41) is 0. The van der Waals surface area contributed by atoms with E-state index in [0.29, 0.717) is 30.9 Å². The summed E-state index contributed by atoms with van der Waals surface area (Å²) >= 11 is 0. The van der Waals surface area contributed by atoms with Crippen LogP contribution in [0.4, 0.5) is 10.1 Å². The minimum Gasteiger partial charge on any atom is -0.487 e. The number of carbonyl (C=O) groups is 1. The van der Waals surface area contributed by atoms with Gasteiger partial charge in [0.25, 0.3) is 0 Å². The summed E-state index contributed by atoms with van der Waals surface area (Å²) in [6.45, 7) is 4.75. The number of fused-ring (bicyclic) bond motifs is 1. The number of nitrogens with zero attached hydrogens (tertiary/aromatic N) is 1.